The Labute approximate surface area is 224 Å². The van der Waals surface area contributed by atoms with Crippen LogP contribution in [-0.2, 0) is 27.8 Å². The average Bonchev–Trinajstić information content (AvgIpc) is 2.85. The van der Waals surface area contributed by atoms with Gasteiger partial charge in [0, 0.05) is 6.54 Å². The van der Waals surface area contributed by atoms with Crippen molar-refractivity contribution in [2.45, 2.75) is 74.6 Å². The monoisotopic (exact) mass is 575 g/mol. The third-order valence-electron chi connectivity index (χ3n) is 7.00. The molecule has 0 aromatic heterocycles. The van der Waals surface area contributed by atoms with E-state index in [1.54, 1.807) is 0 Å². The first kappa shape index (κ1) is 28.8. The van der Waals surface area contributed by atoms with Gasteiger partial charge in [0.2, 0.25) is 15.9 Å². The van der Waals surface area contributed by atoms with Crippen LogP contribution in [0.15, 0.2) is 41.3 Å². The fourth-order valence-corrected chi connectivity index (χ4v) is 6.65. The van der Waals surface area contributed by atoms with Crippen LogP contribution in [-0.4, -0.2) is 44.5 Å². The second-order valence-electron chi connectivity index (χ2n) is 9.85. The molecule has 1 aliphatic heterocycles. The maximum absolute atomic E-state index is 14.2. The van der Waals surface area contributed by atoms with Gasteiger partial charge in [-0.15, -0.1) is 0 Å². The summed E-state index contributed by atoms with van der Waals surface area (Å²) in [6.07, 6.45) is -0.543. The maximum Gasteiger partial charge on any atom is 0.405 e. The quantitative estimate of drug-likeness (QED) is 0.421. The van der Waals surface area contributed by atoms with Crippen molar-refractivity contribution in [3.05, 3.63) is 63.9 Å². The highest BCUT2D eigenvalue weighted by Gasteiger charge is 2.44. The number of aryl methyl sites for hydroxylation is 1. The molecule has 2 aromatic rings. The summed E-state index contributed by atoms with van der Waals surface area (Å²) in [6.45, 7) is 2.96. The molecule has 2 atom stereocenters. The van der Waals surface area contributed by atoms with Gasteiger partial charge >= 0.3 is 6.18 Å². The van der Waals surface area contributed by atoms with Gasteiger partial charge in [-0.2, -0.15) is 17.9 Å². The average molecular weight is 576 g/mol. The molecule has 0 radical (unpaired) electrons. The van der Waals surface area contributed by atoms with E-state index >= 15 is 0 Å². The third kappa shape index (κ3) is 7.05. The molecule has 4 rings (SSSR count). The van der Waals surface area contributed by atoms with Gasteiger partial charge in [-0.3, -0.25) is 9.69 Å². The standard InChI is InChI=1S/C26H30ClF4N3O3S/c27-20-7-5-9-22(25(20)28)38(36,37)33-23(26(29,30)31)15-24(35)32-21-8-4-6-18-14-17(10-11-19(18)21)16-34-12-2-1-3-13-34/h5,7,9-11,14,21,23,33H,1-4,6,8,12-13,15-16H2,(H,32,35)/t21-,23-/m1/s1. The summed E-state index contributed by atoms with van der Waals surface area (Å²) in [5.41, 5.74) is 3.08. The summed E-state index contributed by atoms with van der Waals surface area (Å²) in [7, 11) is -4.95. The number of amides is 1. The van der Waals surface area contributed by atoms with Gasteiger partial charge in [0.25, 0.3) is 0 Å². The summed E-state index contributed by atoms with van der Waals surface area (Å²) in [4.78, 5) is 14.1. The van der Waals surface area contributed by atoms with Crippen LogP contribution in [0.25, 0.3) is 0 Å². The number of rotatable bonds is 8. The summed E-state index contributed by atoms with van der Waals surface area (Å²) in [6, 6.07) is 5.77. The van der Waals surface area contributed by atoms with Gasteiger partial charge in [0.1, 0.15) is 10.9 Å². The summed E-state index contributed by atoms with van der Waals surface area (Å²) < 4.78 is 81.9. The highest BCUT2D eigenvalue weighted by Crippen LogP contribution is 2.32. The molecular weight excluding hydrogens is 546 g/mol. The van der Waals surface area contributed by atoms with Crippen molar-refractivity contribution in [1.29, 1.82) is 0 Å². The lowest BCUT2D eigenvalue weighted by atomic mass is 9.86. The molecule has 1 saturated heterocycles. The number of nitrogens with zero attached hydrogens (tertiary/aromatic N) is 1. The van der Waals surface area contributed by atoms with Crippen LogP contribution in [0.4, 0.5) is 17.6 Å². The lowest BCUT2D eigenvalue weighted by Gasteiger charge is -2.30. The number of benzene rings is 2. The van der Waals surface area contributed by atoms with Gasteiger partial charge in [-0.1, -0.05) is 42.3 Å². The van der Waals surface area contributed by atoms with Crippen molar-refractivity contribution in [3.8, 4) is 0 Å². The molecule has 6 nitrogen and oxygen atoms in total. The molecule has 1 heterocycles. The number of halogens is 5. The number of hydrogen-bond donors (Lipinski definition) is 2. The van der Waals surface area contributed by atoms with Gasteiger partial charge in [0.05, 0.1) is 17.5 Å². The number of hydrogen-bond acceptors (Lipinski definition) is 4. The molecular formula is C26H30ClF4N3O3S. The molecule has 0 bridgehead atoms. The van der Waals surface area contributed by atoms with E-state index in [0.29, 0.717) is 6.42 Å². The zero-order valence-corrected chi connectivity index (χ0v) is 22.2. The summed E-state index contributed by atoms with van der Waals surface area (Å²) >= 11 is 5.58. The van der Waals surface area contributed by atoms with E-state index in [9.17, 15) is 30.8 Å². The molecule has 38 heavy (non-hydrogen) atoms. The molecule has 1 aliphatic carbocycles. The van der Waals surface area contributed by atoms with Crippen LogP contribution in [0, 0.1) is 5.82 Å². The highest BCUT2D eigenvalue weighted by molar-refractivity contribution is 7.89. The zero-order chi connectivity index (χ0) is 27.5. The van der Waals surface area contributed by atoms with Gasteiger partial charge in [-0.25, -0.2) is 12.8 Å². The molecule has 1 fully saturated rings. The van der Waals surface area contributed by atoms with Crippen LogP contribution in [0.1, 0.15) is 61.3 Å². The number of nitrogens with one attached hydrogen (secondary N) is 2. The van der Waals surface area contributed by atoms with Crippen molar-refractivity contribution < 1.29 is 30.8 Å². The van der Waals surface area contributed by atoms with Crippen LogP contribution < -0.4 is 10.0 Å². The Hall–Kier alpha value is -2.21. The van der Waals surface area contributed by atoms with E-state index in [1.807, 2.05) is 12.1 Å². The van der Waals surface area contributed by atoms with Crippen molar-refractivity contribution >= 4 is 27.5 Å². The Morgan fingerprint density at radius 1 is 1.11 bits per heavy atom. The fourth-order valence-electron chi connectivity index (χ4n) is 5.10. The van der Waals surface area contributed by atoms with Gasteiger partial charge in [-0.05, 0) is 74.0 Å². The molecule has 2 N–H and O–H groups in total. The van der Waals surface area contributed by atoms with E-state index < -0.39 is 56.3 Å². The summed E-state index contributed by atoms with van der Waals surface area (Å²) in [5.74, 6) is -2.33. The Balaban J connectivity index is 1.44. The van der Waals surface area contributed by atoms with Crippen molar-refractivity contribution in [3.63, 3.8) is 0 Å². The molecule has 1 amide bonds. The van der Waals surface area contributed by atoms with Gasteiger partial charge < -0.3 is 5.32 Å². The van der Waals surface area contributed by atoms with Crippen molar-refractivity contribution in [2.24, 2.45) is 0 Å². The number of fused-ring (bicyclic) bond motifs is 1. The highest BCUT2D eigenvalue weighted by atomic mass is 35.5. The fraction of sp³-hybridized carbons (Fsp3) is 0.500. The van der Waals surface area contributed by atoms with Crippen molar-refractivity contribution in [1.82, 2.24) is 14.9 Å². The molecule has 2 aliphatic rings. The molecule has 0 unspecified atom stereocenters. The van der Waals surface area contributed by atoms with E-state index in [2.05, 4.69) is 16.3 Å². The molecule has 0 saturated carbocycles. The van der Waals surface area contributed by atoms with Crippen LogP contribution in [0.5, 0.6) is 0 Å². The Morgan fingerprint density at radius 2 is 1.84 bits per heavy atom. The molecule has 0 spiro atoms. The number of carbonyl (C=O) groups excluding carboxylic acids is 1. The first-order valence-corrected chi connectivity index (χ1v) is 14.5. The topological polar surface area (TPSA) is 78.5 Å². The number of piperidine rings is 1. The van der Waals surface area contributed by atoms with E-state index in [-0.39, 0.29) is 0 Å². The number of carbonyl (C=O) groups is 1. The minimum absolute atomic E-state index is 0.480. The summed E-state index contributed by atoms with van der Waals surface area (Å²) in [5, 5.41) is 2.09. The maximum atomic E-state index is 14.2. The normalized spacial score (nSPS) is 19.6. The zero-order valence-electron chi connectivity index (χ0n) is 20.7. The second kappa shape index (κ2) is 11.9. The molecule has 208 valence electrons. The minimum Gasteiger partial charge on any atom is -0.349 e. The lowest BCUT2D eigenvalue weighted by Crippen LogP contribution is -2.48. The molecule has 2 aromatic carbocycles. The molecule has 12 heteroatoms. The van der Waals surface area contributed by atoms with Crippen LogP contribution in [0.2, 0.25) is 5.02 Å². The minimum atomic E-state index is -5.09. The predicted octanol–water partition coefficient (Wildman–Crippen LogP) is 5.26. The second-order valence-corrected chi connectivity index (χ2v) is 11.9. The van der Waals surface area contributed by atoms with Crippen LogP contribution in [0.3, 0.4) is 0 Å². The first-order valence-electron chi connectivity index (χ1n) is 12.6. The predicted molar refractivity (Wildman–Crippen MR) is 136 cm³/mol. The largest absolute Gasteiger partial charge is 0.405 e. The Kier molecular flexibility index (Phi) is 9.01. The Bertz CT molecular complexity index is 1270. The first-order chi connectivity index (χ1) is 17.9. The van der Waals surface area contributed by atoms with E-state index in [4.69, 9.17) is 11.6 Å². The number of alkyl halides is 3. The lowest BCUT2D eigenvalue weighted by molar-refractivity contribution is -0.158. The Morgan fingerprint density at radius 3 is 2.55 bits per heavy atom. The van der Waals surface area contributed by atoms with E-state index in [1.165, 1.54) is 24.0 Å². The van der Waals surface area contributed by atoms with Crippen LogP contribution >= 0.6 is 11.6 Å². The SMILES string of the molecule is O=C(C[C@@H](NS(=O)(=O)c1cccc(Cl)c1F)C(F)(F)F)N[C@@H]1CCCc2cc(CN3CCCCC3)ccc21. The van der Waals surface area contributed by atoms with Gasteiger partial charge in [0.15, 0.2) is 5.82 Å². The smallest absolute Gasteiger partial charge is 0.349 e. The number of sulfonamides is 1. The third-order valence-corrected chi connectivity index (χ3v) is 8.78. The van der Waals surface area contributed by atoms with Crippen molar-refractivity contribution in [2.75, 3.05) is 13.1 Å². The van der Waals surface area contributed by atoms with E-state index in [0.717, 1.165) is 67.4 Å². The number of likely N-dealkylation sites (tertiary alicyclic amines) is 1.